The lowest BCUT2D eigenvalue weighted by Crippen LogP contribution is -2.36. The largest absolute Gasteiger partial charge is 0.497 e. The molecule has 1 aliphatic heterocycles. The second kappa shape index (κ2) is 11.2. The van der Waals surface area contributed by atoms with Gasteiger partial charge in [0.2, 0.25) is 5.91 Å². The molecule has 1 aliphatic rings. The maximum absolute atomic E-state index is 12.7. The number of carbonyl (C=O) groups is 3. The Kier molecular flexibility index (Phi) is 7.89. The smallest absolute Gasteiger partial charge is 0.294 e. The van der Waals surface area contributed by atoms with Gasteiger partial charge in [0.25, 0.3) is 11.1 Å². The van der Waals surface area contributed by atoms with Crippen LogP contribution in [0.1, 0.15) is 11.1 Å². The van der Waals surface area contributed by atoms with Crippen molar-refractivity contribution in [2.75, 3.05) is 19.0 Å². The van der Waals surface area contributed by atoms with E-state index in [2.05, 4.69) is 21.2 Å². The van der Waals surface area contributed by atoms with Gasteiger partial charge in [-0.2, -0.15) is 0 Å². The van der Waals surface area contributed by atoms with Crippen LogP contribution in [0.4, 0.5) is 10.5 Å². The van der Waals surface area contributed by atoms with Crippen molar-refractivity contribution in [1.29, 1.82) is 0 Å². The Morgan fingerprint density at radius 2 is 1.63 bits per heavy atom. The molecule has 9 heteroatoms. The molecule has 0 aliphatic carbocycles. The Balaban J connectivity index is 1.34. The van der Waals surface area contributed by atoms with Crippen LogP contribution in [-0.4, -0.2) is 35.6 Å². The lowest BCUT2D eigenvalue weighted by Gasteiger charge is -2.12. The number of thioether (sulfide) groups is 1. The number of anilines is 1. The maximum atomic E-state index is 12.7. The van der Waals surface area contributed by atoms with Crippen molar-refractivity contribution >= 4 is 56.5 Å². The molecule has 0 bridgehead atoms. The highest BCUT2D eigenvalue weighted by molar-refractivity contribution is 9.10. The van der Waals surface area contributed by atoms with Crippen molar-refractivity contribution in [1.82, 2.24) is 4.90 Å². The second-order valence-electron chi connectivity index (χ2n) is 7.53. The van der Waals surface area contributed by atoms with Gasteiger partial charge in [-0.3, -0.25) is 19.3 Å². The molecule has 3 aromatic carbocycles. The van der Waals surface area contributed by atoms with Gasteiger partial charge in [0.1, 0.15) is 24.7 Å². The standard InChI is InChI=1S/C26H21BrN2O5S/c1-33-21-12-8-20(9-13-21)28-24(30)15-29-25(31)23(35-26(29)32)14-17-4-10-22(11-5-17)34-16-18-2-6-19(27)7-3-18/h2-14H,15-16H2,1H3,(H,28,30)/b23-14+. The molecule has 0 atom stereocenters. The summed E-state index contributed by atoms with van der Waals surface area (Å²) in [7, 11) is 1.55. The number of halogens is 1. The third-order valence-corrected chi connectivity index (χ3v) is 6.48. The first-order valence-corrected chi connectivity index (χ1v) is 12.2. The van der Waals surface area contributed by atoms with E-state index in [1.165, 1.54) is 0 Å². The average molecular weight is 553 g/mol. The minimum absolute atomic E-state index is 0.260. The number of nitrogens with one attached hydrogen (secondary N) is 1. The minimum atomic E-state index is -0.500. The Hall–Kier alpha value is -3.56. The van der Waals surface area contributed by atoms with E-state index in [0.29, 0.717) is 23.8 Å². The molecule has 3 amide bonds. The Morgan fingerprint density at radius 3 is 2.29 bits per heavy atom. The van der Waals surface area contributed by atoms with E-state index in [1.807, 2.05) is 24.3 Å². The number of rotatable bonds is 8. The summed E-state index contributed by atoms with van der Waals surface area (Å²) in [4.78, 5) is 38.7. The summed E-state index contributed by atoms with van der Waals surface area (Å²) in [6, 6.07) is 21.8. The third kappa shape index (κ3) is 6.52. The Morgan fingerprint density at radius 1 is 0.971 bits per heavy atom. The predicted octanol–water partition coefficient (Wildman–Crippen LogP) is 5.71. The number of ether oxygens (including phenoxy) is 2. The van der Waals surface area contributed by atoms with Crippen LogP contribution in [0.5, 0.6) is 11.5 Å². The molecule has 7 nitrogen and oxygen atoms in total. The molecule has 0 saturated carbocycles. The van der Waals surface area contributed by atoms with Crippen molar-refractivity contribution in [2.24, 2.45) is 0 Å². The highest BCUT2D eigenvalue weighted by Crippen LogP contribution is 2.32. The fraction of sp³-hybridized carbons (Fsp3) is 0.115. The molecular weight excluding hydrogens is 532 g/mol. The number of amides is 3. The zero-order valence-corrected chi connectivity index (χ0v) is 21.1. The lowest BCUT2D eigenvalue weighted by atomic mass is 10.2. The molecule has 0 aromatic heterocycles. The number of nitrogens with zero attached hydrogens (tertiary/aromatic N) is 1. The average Bonchev–Trinajstić information content (AvgIpc) is 3.12. The predicted molar refractivity (Wildman–Crippen MR) is 139 cm³/mol. The summed E-state index contributed by atoms with van der Waals surface area (Å²) in [5.74, 6) is 0.378. The van der Waals surface area contributed by atoms with Crippen molar-refractivity contribution in [2.45, 2.75) is 6.61 Å². The van der Waals surface area contributed by atoms with Gasteiger partial charge in [0.05, 0.1) is 12.0 Å². The molecule has 4 rings (SSSR count). The third-order valence-electron chi connectivity index (χ3n) is 5.05. The van der Waals surface area contributed by atoms with E-state index in [9.17, 15) is 14.4 Å². The van der Waals surface area contributed by atoms with E-state index < -0.39 is 17.1 Å². The number of carbonyl (C=O) groups excluding carboxylic acids is 3. The number of methoxy groups -OCH3 is 1. The van der Waals surface area contributed by atoms with Crippen molar-refractivity contribution in [3.05, 3.63) is 93.3 Å². The maximum Gasteiger partial charge on any atom is 0.294 e. The summed E-state index contributed by atoms with van der Waals surface area (Å²) in [5.41, 5.74) is 2.33. The Labute approximate surface area is 215 Å². The molecule has 1 saturated heterocycles. The molecule has 35 heavy (non-hydrogen) atoms. The number of hydrogen-bond acceptors (Lipinski definition) is 6. The molecule has 1 fully saturated rings. The SMILES string of the molecule is COc1ccc(NC(=O)CN2C(=O)S/C(=C/c3ccc(OCc4ccc(Br)cc4)cc3)C2=O)cc1. The van der Waals surface area contributed by atoms with Crippen molar-refractivity contribution in [3.63, 3.8) is 0 Å². The quantitative estimate of drug-likeness (QED) is 0.360. The molecular formula is C26H21BrN2O5S. The summed E-state index contributed by atoms with van der Waals surface area (Å²) in [6.07, 6.45) is 1.63. The molecule has 3 aromatic rings. The first-order chi connectivity index (χ1) is 16.9. The van der Waals surface area contributed by atoms with Gasteiger partial charge in [-0.25, -0.2) is 0 Å². The second-order valence-corrected chi connectivity index (χ2v) is 9.44. The van der Waals surface area contributed by atoms with Gasteiger partial charge in [-0.1, -0.05) is 40.2 Å². The summed E-state index contributed by atoms with van der Waals surface area (Å²) in [5, 5.41) is 2.19. The van der Waals surface area contributed by atoms with Gasteiger partial charge in [0.15, 0.2) is 0 Å². The normalized spacial score (nSPS) is 14.3. The van der Waals surface area contributed by atoms with Crippen LogP contribution in [0.2, 0.25) is 0 Å². The number of imide groups is 1. The highest BCUT2D eigenvalue weighted by atomic mass is 79.9. The molecule has 0 radical (unpaired) electrons. The van der Waals surface area contributed by atoms with Gasteiger partial charge in [0, 0.05) is 10.2 Å². The molecule has 0 unspecified atom stereocenters. The highest BCUT2D eigenvalue weighted by Gasteiger charge is 2.36. The van der Waals surface area contributed by atoms with Gasteiger partial charge >= 0.3 is 0 Å². The van der Waals surface area contributed by atoms with Crippen LogP contribution in [0, 0.1) is 0 Å². The van der Waals surface area contributed by atoms with E-state index in [4.69, 9.17) is 9.47 Å². The Bertz CT molecular complexity index is 1260. The number of benzene rings is 3. The first kappa shape index (κ1) is 24.6. The van der Waals surface area contributed by atoms with Crippen LogP contribution in [0.25, 0.3) is 6.08 Å². The van der Waals surface area contributed by atoms with Crippen LogP contribution >= 0.6 is 27.7 Å². The van der Waals surface area contributed by atoms with E-state index in [0.717, 1.165) is 32.3 Å². The van der Waals surface area contributed by atoms with Crippen molar-refractivity contribution in [3.8, 4) is 11.5 Å². The van der Waals surface area contributed by atoms with Gasteiger partial charge < -0.3 is 14.8 Å². The summed E-state index contributed by atoms with van der Waals surface area (Å²) < 4.78 is 11.9. The van der Waals surface area contributed by atoms with E-state index in [-0.39, 0.29) is 11.4 Å². The van der Waals surface area contributed by atoms with E-state index in [1.54, 1.807) is 61.7 Å². The fourth-order valence-corrected chi connectivity index (χ4v) is 4.32. The van der Waals surface area contributed by atoms with Crippen LogP contribution < -0.4 is 14.8 Å². The zero-order chi connectivity index (χ0) is 24.8. The van der Waals surface area contributed by atoms with Gasteiger partial charge in [-0.05, 0) is 77.5 Å². The first-order valence-electron chi connectivity index (χ1n) is 10.6. The molecule has 0 spiro atoms. The van der Waals surface area contributed by atoms with Crippen LogP contribution in [-0.2, 0) is 16.2 Å². The fourth-order valence-electron chi connectivity index (χ4n) is 3.21. The zero-order valence-electron chi connectivity index (χ0n) is 18.7. The summed E-state index contributed by atoms with van der Waals surface area (Å²) >= 11 is 4.22. The summed E-state index contributed by atoms with van der Waals surface area (Å²) in [6.45, 7) is 0.0704. The van der Waals surface area contributed by atoms with Gasteiger partial charge in [-0.15, -0.1) is 0 Å². The van der Waals surface area contributed by atoms with Crippen LogP contribution in [0.15, 0.2) is 82.2 Å². The topological polar surface area (TPSA) is 84.9 Å². The monoisotopic (exact) mass is 552 g/mol. The number of hydrogen-bond donors (Lipinski definition) is 1. The molecule has 1 N–H and O–H groups in total. The molecule has 1 heterocycles. The van der Waals surface area contributed by atoms with E-state index >= 15 is 0 Å². The lowest BCUT2D eigenvalue weighted by molar-refractivity contribution is -0.127. The molecule has 178 valence electrons. The van der Waals surface area contributed by atoms with Crippen molar-refractivity contribution < 1.29 is 23.9 Å². The minimum Gasteiger partial charge on any atom is -0.497 e. The van der Waals surface area contributed by atoms with Crippen LogP contribution in [0.3, 0.4) is 0 Å².